The smallest absolute Gasteiger partial charge is 0.417 e. The number of halogens is 3. The lowest BCUT2D eigenvalue weighted by molar-refractivity contribution is -0.137. The van der Waals surface area contributed by atoms with Gasteiger partial charge in [-0.25, -0.2) is 9.78 Å². The molecule has 0 spiro atoms. The largest absolute Gasteiger partial charge is 0.472 e. The van der Waals surface area contributed by atoms with E-state index in [1.165, 1.54) is 4.90 Å². The van der Waals surface area contributed by atoms with Crippen molar-refractivity contribution in [2.24, 2.45) is 0 Å². The first-order chi connectivity index (χ1) is 8.86. The van der Waals surface area contributed by atoms with Gasteiger partial charge in [0.05, 0.1) is 12.1 Å². The van der Waals surface area contributed by atoms with E-state index >= 15 is 0 Å². The lowest BCUT2D eigenvalue weighted by Crippen LogP contribution is -2.29. The first kappa shape index (κ1) is 13.4. The lowest BCUT2D eigenvalue weighted by Gasteiger charge is -2.14. The Balaban J connectivity index is 1.96. The van der Waals surface area contributed by atoms with Gasteiger partial charge >= 0.3 is 12.3 Å². The number of likely N-dealkylation sites (tertiary alicyclic amines) is 1. The summed E-state index contributed by atoms with van der Waals surface area (Å²) in [4.78, 5) is 15.4. The Hall–Kier alpha value is -1.99. The Morgan fingerprint density at radius 1 is 1.47 bits per heavy atom. The number of hydrogen-bond donors (Lipinski definition) is 1. The molecule has 104 valence electrons. The molecule has 0 aromatic carbocycles. The molecule has 0 bridgehead atoms. The highest BCUT2D eigenvalue weighted by Crippen LogP contribution is 2.29. The number of aromatic nitrogens is 1. The van der Waals surface area contributed by atoms with Gasteiger partial charge in [-0.05, 0) is 6.07 Å². The Labute approximate surface area is 106 Å². The van der Waals surface area contributed by atoms with Gasteiger partial charge in [-0.3, -0.25) is 0 Å². The highest BCUT2D eigenvalue weighted by Gasteiger charge is 2.31. The van der Waals surface area contributed by atoms with Gasteiger partial charge in [-0.2, -0.15) is 13.2 Å². The third-order valence-corrected chi connectivity index (χ3v) is 2.77. The summed E-state index contributed by atoms with van der Waals surface area (Å²) in [6.07, 6.45) is -4.65. The minimum atomic E-state index is -4.43. The fourth-order valence-corrected chi connectivity index (χ4v) is 1.79. The Morgan fingerprint density at radius 3 is 2.68 bits per heavy atom. The molecule has 1 fully saturated rings. The predicted molar refractivity (Wildman–Crippen MR) is 57.9 cm³/mol. The maximum Gasteiger partial charge on any atom is 0.417 e. The maximum atomic E-state index is 12.3. The van der Waals surface area contributed by atoms with Gasteiger partial charge in [0.2, 0.25) is 5.88 Å². The normalized spacial score (nSPS) is 19.5. The molecule has 19 heavy (non-hydrogen) atoms. The first-order valence-electron chi connectivity index (χ1n) is 5.54. The van der Waals surface area contributed by atoms with Crippen molar-refractivity contribution < 1.29 is 27.8 Å². The number of ether oxygens (including phenoxy) is 1. The van der Waals surface area contributed by atoms with Gasteiger partial charge in [0.25, 0.3) is 0 Å². The Bertz CT molecular complexity index is 461. The van der Waals surface area contributed by atoms with Crippen LogP contribution in [0.4, 0.5) is 18.0 Å². The minimum Gasteiger partial charge on any atom is -0.472 e. The van der Waals surface area contributed by atoms with E-state index in [-0.39, 0.29) is 18.5 Å². The van der Waals surface area contributed by atoms with Gasteiger partial charge in [-0.1, -0.05) is 0 Å². The summed E-state index contributed by atoms with van der Waals surface area (Å²) in [5.74, 6) is 0.0604. The van der Waals surface area contributed by atoms with E-state index < -0.39 is 17.8 Å². The SMILES string of the molecule is O=C(O)N1CCC(Oc2ccc(C(F)(F)F)cn2)C1. The third-order valence-electron chi connectivity index (χ3n) is 2.77. The first-order valence-corrected chi connectivity index (χ1v) is 5.54. The topological polar surface area (TPSA) is 62.7 Å². The molecule has 1 amide bonds. The molecule has 1 saturated heterocycles. The van der Waals surface area contributed by atoms with E-state index in [4.69, 9.17) is 9.84 Å². The van der Waals surface area contributed by atoms with Gasteiger partial charge < -0.3 is 14.7 Å². The molecule has 8 heteroatoms. The van der Waals surface area contributed by atoms with Crippen molar-refractivity contribution in [3.05, 3.63) is 23.9 Å². The van der Waals surface area contributed by atoms with Crippen LogP contribution in [0.1, 0.15) is 12.0 Å². The zero-order valence-electron chi connectivity index (χ0n) is 9.72. The molecule has 1 aromatic heterocycles. The average molecular weight is 276 g/mol. The van der Waals surface area contributed by atoms with Gasteiger partial charge in [0, 0.05) is 25.2 Å². The monoisotopic (exact) mass is 276 g/mol. The van der Waals surface area contributed by atoms with E-state index in [2.05, 4.69) is 4.98 Å². The van der Waals surface area contributed by atoms with Crippen molar-refractivity contribution >= 4 is 6.09 Å². The number of alkyl halides is 3. The number of pyridine rings is 1. The van der Waals surface area contributed by atoms with Gasteiger partial charge in [0.1, 0.15) is 6.10 Å². The molecule has 1 aliphatic rings. The quantitative estimate of drug-likeness (QED) is 0.899. The van der Waals surface area contributed by atoms with E-state index in [1.807, 2.05) is 0 Å². The lowest BCUT2D eigenvalue weighted by atomic mass is 10.3. The van der Waals surface area contributed by atoms with Crippen LogP contribution in [0.5, 0.6) is 5.88 Å². The summed E-state index contributed by atoms with van der Waals surface area (Å²) in [7, 11) is 0. The molecule has 1 unspecified atom stereocenters. The molecule has 0 aliphatic carbocycles. The van der Waals surface area contributed by atoms with Crippen molar-refractivity contribution in [1.29, 1.82) is 0 Å². The summed E-state index contributed by atoms with van der Waals surface area (Å²) >= 11 is 0. The molecular weight excluding hydrogens is 265 g/mol. The van der Waals surface area contributed by atoms with E-state index in [1.54, 1.807) is 0 Å². The summed E-state index contributed by atoms with van der Waals surface area (Å²) in [5.41, 5.74) is -0.849. The zero-order chi connectivity index (χ0) is 14.0. The summed E-state index contributed by atoms with van der Waals surface area (Å²) in [5, 5.41) is 8.75. The highest BCUT2D eigenvalue weighted by molar-refractivity contribution is 5.65. The van der Waals surface area contributed by atoms with Crippen LogP contribution in [0.15, 0.2) is 18.3 Å². The summed E-state index contributed by atoms with van der Waals surface area (Å²) in [6, 6.07) is 2.01. The number of carbonyl (C=O) groups is 1. The number of nitrogens with zero attached hydrogens (tertiary/aromatic N) is 2. The molecule has 2 rings (SSSR count). The van der Waals surface area contributed by atoms with Crippen LogP contribution in [-0.2, 0) is 6.18 Å². The molecule has 5 nitrogen and oxygen atoms in total. The van der Waals surface area contributed by atoms with Crippen molar-refractivity contribution in [2.75, 3.05) is 13.1 Å². The van der Waals surface area contributed by atoms with Gasteiger partial charge in [-0.15, -0.1) is 0 Å². The molecule has 0 radical (unpaired) electrons. The van der Waals surface area contributed by atoms with Gasteiger partial charge in [0.15, 0.2) is 0 Å². The number of rotatable bonds is 2. The average Bonchev–Trinajstić information content (AvgIpc) is 2.77. The van der Waals surface area contributed by atoms with Crippen molar-refractivity contribution in [3.63, 3.8) is 0 Å². The van der Waals surface area contributed by atoms with Crippen LogP contribution < -0.4 is 4.74 Å². The highest BCUT2D eigenvalue weighted by atomic mass is 19.4. The molecule has 1 atom stereocenters. The molecule has 1 aromatic rings. The zero-order valence-corrected chi connectivity index (χ0v) is 9.72. The molecular formula is C11H11F3N2O3. The maximum absolute atomic E-state index is 12.3. The molecule has 0 saturated carbocycles. The minimum absolute atomic E-state index is 0.0604. The fraction of sp³-hybridized carbons (Fsp3) is 0.455. The number of amides is 1. The van der Waals surface area contributed by atoms with Crippen molar-refractivity contribution in [3.8, 4) is 5.88 Å². The number of carboxylic acid groups (broad SMARTS) is 1. The van der Waals surface area contributed by atoms with Crippen LogP contribution in [0.2, 0.25) is 0 Å². The Kier molecular flexibility index (Phi) is 3.50. The molecule has 2 heterocycles. The van der Waals surface area contributed by atoms with Crippen LogP contribution in [0, 0.1) is 0 Å². The third kappa shape index (κ3) is 3.27. The van der Waals surface area contributed by atoms with E-state index in [0.29, 0.717) is 19.2 Å². The second-order valence-electron chi connectivity index (χ2n) is 4.14. The summed E-state index contributed by atoms with van der Waals surface area (Å²) < 4.78 is 42.3. The molecule has 1 N–H and O–H groups in total. The summed E-state index contributed by atoms with van der Waals surface area (Å²) in [6.45, 7) is 0.540. The second kappa shape index (κ2) is 4.94. The van der Waals surface area contributed by atoms with Crippen LogP contribution in [-0.4, -0.2) is 40.3 Å². The van der Waals surface area contributed by atoms with Crippen LogP contribution in [0.3, 0.4) is 0 Å². The van der Waals surface area contributed by atoms with E-state index in [9.17, 15) is 18.0 Å². The predicted octanol–water partition coefficient (Wildman–Crippen LogP) is 2.23. The van der Waals surface area contributed by atoms with Crippen LogP contribution in [0.25, 0.3) is 0 Å². The fourth-order valence-electron chi connectivity index (χ4n) is 1.79. The second-order valence-corrected chi connectivity index (χ2v) is 4.14. The van der Waals surface area contributed by atoms with Crippen LogP contribution >= 0.6 is 0 Å². The van der Waals surface area contributed by atoms with E-state index in [0.717, 1.165) is 12.1 Å². The van der Waals surface area contributed by atoms with Crippen molar-refractivity contribution in [2.45, 2.75) is 18.7 Å². The Morgan fingerprint density at radius 2 is 2.21 bits per heavy atom. The van der Waals surface area contributed by atoms with Crippen molar-refractivity contribution in [1.82, 2.24) is 9.88 Å². The standard InChI is InChI=1S/C11H11F3N2O3/c12-11(13,14)7-1-2-9(15-5-7)19-8-3-4-16(6-8)10(17)18/h1-2,5,8H,3-4,6H2,(H,17,18). The molecule has 1 aliphatic heterocycles. The number of hydrogen-bond acceptors (Lipinski definition) is 3.